The van der Waals surface area contributed by atoms with E-state index in [4.69, 9.17) is 0 Å². The SMILES string of the molecule is CC(O)c1ccc(Nc2nccc(-c3cccnc3)n2)cc1. The Kier molecular flexibility index (Phi) is 4.07. The fourth-order valence-corrected chi connectivity index (χ4v) is 2.07. The first kappa shape index (κ1) is 14.2. The highest BCUT2D eigenvalue weighted by Gasteiger charge is 2.04. The molecule has 1 aromatic carbocycles. The molecule has 0 radical (unpaired) electrons. The van der Waals surface area contributed by atoms with Crippen molar-refractivity contribution in [1.82, 2.24) is 15.0 Å². The van der Waals surface area contributed by atoms with Crippen molar-refractivity contribution in [3.8, 4) is 11.3 Å². The summed E-state index contributed by atoms with van der Waals surface area (Å²) in [6.07, 6.45) is 4.73. The van der Waals surface area contributed by atoms with Crippen LogP contribution in [-0.4, -0.2) is 20.1 Å². The molecule has 0 aliphatic heterocycles. The highest BCUT2D eigenvalue weighted by molar-refractivity contribution is 5.61. The van der Waals surface area contributed by atoms with Crippen molar-refractivity contribution < 1.29 is 5.11 Å². The van der Waals surface area contributed by atoms with E-state index in [1.807, 2.05) is 42.5 Å². The fraction of sp³-hybridized carbons (Fsp3) is 0.118. The number of aliphatic hydroxyl groups excluding tert-OH is 1. The highest BCUT2D eigenvalue weighted by Crippen LogP contribution is 2.20. The summed E-state index contributed by atoms with van der Waals surface area (Å²) in [4.78, 5) is 12.8. The van der Waals surface area contributed by atoms with Crippen LogP contribution in [0.25, 0.3) is 11.3 Å². The van der Waals surface area contributed by atoms with Gasteiger partial charge in [-0.25, -0.2) is 9.97 Å². The Labute approximate surface area is 128 Å². The maximum atomic E-state index is 9.52. The number of hydrogen-bond donors (Lipinski definition) is 2. The van der Waals surface area contributed by atoms with E-state index in [1.165, 1.54) is 0 Å². The van der Waals surface area contributed by atoms with Gasteiger partial charge in [-0.3, -0.25) is 4.98 Å². The van der Waals surface area contributed by atoms with E-state index in [1.54, 1.807) is 25.5 Å². The van der Waals surface area contributed by atoms with Gasteiger partial charge in [0.15, 0.2) is 0 Å². The zero-order valence-corrected chi connectivity index (χ0v) is 12.1. The Morgan fingerprint density at radius 1 is 1.05 bits per heavy atom. The molecule has 2 heterocycles. The Morgan fingerprint density at radius 3 is 2.55 bits per heavy atom. The Balaban J connectivity index is 1.81. The molecule has 22 heavy (non-hydrogen) atoms. The minimum absolute atomic E-state index is 0.473. The third-order valence-corrected chi connectivity index (χ3v) is 3.26. The summed E-state index contributed by atoms with van der Waals surface area (Å²) in [5.41, 5.74) is 3.49. The van der Waals surface area contributed by atoms with Gasteiger partial charge in [-0.15, -0.1) is 0 Å². The van der Waals surface area contributed by atoms with Crippen molar-refractivity contribution in [2.24, 2.45) is 0 Å². The second kappa shape index (κ2) is 6.32. The highest BCUT2D eigenvalue weighted by atomic mass is 16.3. The molecule has 5 nitrogen and oxygen atoms in total. The summed E-state index contributed by atoms with van der Waals surface area (Å²) in [5.74, 6) is 0.520. The third-order valence-electron chi connectivity index (χ3n) is 3.26. The van der Waals surface area contributed by atoms with E-state index in [0.717, 1.165) is 22.5 Å². The third kappa shape index (κ3) is 3.27. The Bertz CT molecular complexity index is 742. The fourth-order valence-electron chi connectivity index (χ4n) is 2.07. The predicted molar refractivity (Wildman–Crippen MR) is 85.6 cm³/mol. The molecule has 3 rings (SSSR count). The first-order valence-corrected chi connectivity index (χ1v) is 7.01. The van der Waals surface area contributed by atoms with Gasteiger partial charge in [0.2, 0.25) is 5.95 Å². The lowest BCUT2D eigenvalue weighted by atomic mass is 10.1. The van der Waals surface area contributed by atoms with Crippen molar-refractivity contribution in [2.75, 3.05) is 5.32 Å². The predicted octanol–water partition coefficient (Wildman–Crippen LogP) is 3.34. The second-order valence-electron chi connectivity index (χ2n) is 4.93. The van der Waals surface area contributed by atoms with Gasteiger partial charge >= 0.3 is 0 Å². The van der Waals surface area contributed by atoms with Crippen LogP contribution in [0.5, 0.6) is 0 Å². The van der Waals surface area contributed by atoms with Gasteiger partial charge in [0.05, 0.1) is 11.8 Å². The Morgan fingerprint density at radius 2 is 1.86 bits per heavy atom. The van der Waals surface area contributed by atoms with E-state index in [9.17, 15) is 5.11 Å². The van der Waals surface area contributed by atoms with E-state index in [-0.39, 0.29) is 0 Å². The summed E-state index contributed by atoms with van der Waals surface area (Å²) < 4.78 is 0. The smallest absolute Gasteiger partial charge is 0.227 e. The molecule has 0 aliphatic carbocycles. The van der Waals surface area contributed by atoms with Crippen molar-refractivity contribution in [2.45, 2.75) is 13.0 Å². The van der Waals surface area contributed by atoms with Crippen LogP contribution < -0.4 is 5.32 Å². The standard InChI is InChI=1S/C17H16N4O/c1-12(22)13-4-6-15(7-5-13)20-17-19-10-8-16(21-17)14-3-2-9-18-11-14/h2-12,22H,1H3,(H,19,20,21). The molecule has 110 valence electrons. The molecule has 2 N–H and O–H groups in total. The minimum atomic E-state index is -0.473. The first-order valence-electron chi connectivity index (χ1n) is 7.01. The summed E-state index contributed by atoms with van der Waals surface area (Å²) in [6.45, 7) is 1.74. The monoisotopic (exact) mass is 292 g/mol. The lowest BCUT2D eigenvalue weighted by molar-refractivity contribution is 0.199. The van der Waals surface area contributed by atoms with Crippen LogP contribution in [0.3, 0.4) is 0 Å². The summed E-state index contributed by atoms with van der Waals surface area (Å²) in [5, 5.41) is 12.7. The van der Waals surface area contributed by atoms with Gasteiger partial charge in [-0.2, -0.15) is 0 Å². The molecule has 0 spiro atoms. The molecule has 3 aromatic rings. The van der Waals surface area contributed by atoms with E-state index in [0.29, 0.717) is 5.95 Å². The largest absolute Gasteiger partial charge is 0.389 e. The van der Waals surface area contributed by atoms with Gasteiger partial charge in [-0.05, 0) is 42.8 Å². The molecule has 0 aliphatic rings. The minimum Gasteiger partial charge on any atom is -0.389 e. The molecular formula is C17H16N4O. The molecule has 0 bridgehead atoms. The normalized spacial score (nSPS) is 11.9. The van der Waals surface area contributed by atoms with Crippen LogP contribution >= 0.6 is 0 Å². The van der Waals surface area contributed by atoms with Gasteiger partial charge in [0, 0.05) is 29.8 Å². The van der Waals surface area contributed by atoms with Crippen molar-refractivity contribution in [3.63, 3.8) is 0 Å². The maximum Gasteiger partial charge on any atom is 0.227 e. The van der Waals surface area contributed by atoms with Crippen LogP contribution in [-0.2, 0) is 0 Å². The number of nitrogens with zero attached hydrogens (tertiary/aromatic N) is 3. The quantitative estimate of drug-likeness (QED) is 0.771. The lowest BCUT2D eigenvalue weighted by Crippen LogP contribution is -1.98. The molecule has 2 aromatic heterocycles. The van der Waals surface area contributed by atoms with Crippen LogP contribution in [0.4, 0.5) is 11.6 Å². The molecule has 0 saturated heterocycles. The number of anilines is 2. The van der Waals surface area contributed by atoms with Crippen molar-refractivity contribution in [1.29, 1.82) is 0 Å². The van der Waals surface area contributed by atoms with E-state index >= 15 is 0 Å². The molecular weight excluding hydrogens is 276 g/mol. The number of aromatic nitrogens is 3. The average Bonchev–Trinajstić information content (AvgIpc) is 2.56. The van der Waals surface area contributed by atoms with Crippen LogP contribution in [0.15, 0.2) is 61.1 Å². The second-order valence-corrected chi connectivity index (χ2v) is 4.93. The number of pyridine rings is 1. The van der Waals surface area contributed by atoms with Gasteiger partial charge in [-0.1, -0.05) is 12.1 Å². The summed E-state index contributed by atoms with van der Waals surface area (Å²) in [7, 11) is 0. The van der Waals surface area contributed by atoms with Crippen molar-refractivity contribution in [3.05, 3.63) is 66.6 Å². The van der Waals surface area contributed by atoms with Crippen molar-refractivity contribution >= 4 is 11.6 Å². The number of hydrogen-bond acceptors (Lipinski definition) is 5. The van der Waals surface area contributed by atoms with Gasteiger partial charge in [0.1, 0.15) is 0 Å². The maximum absolute atomic E-state index is 9.52. The van der Waals surface area contributed by atoms with Gasteiger partial charge < -0.3 is 10.4 Å². The molecule has 0 amide bonds. The van der Waals surface area contributed by atoms with Crippen LogP contribution in [0.2, 0.25) is 0 Å². The molecule has 1 atom stereocenters. The molecule has 0 saturated carbocycles. The summed E-state index contributed by atoms with van der Waals surface area (Å²) in [6, 6.07) is 13.2. The Hall–Kier alpha value is -2.79. The van der Waals surface area contributed by atoms with Gasteiger partial charge in [0.25, 0.3) is 0 Å². The molecule has 0 fully saturated rings. The van der Waals surface area contributed by atoms with E-state index in [2.05, 4.69) is 20.3 Å². The van der Waals surface area contributed by atoms with Crippen LogP contribution in [0.1, 0.15) is 18.6 Å². The average molecular weight is 292 g/mol. The molecule has 1 unspecified atom stereocenters. The number of benzene rings is 1. The number of nitrogens with one attached hydrogen (secondary N) is 1. The van der Waals surface area contributed by atoms with E-state index < -0.39 is 6.10 Å². The number of rotatable bonds is 4. The van der Waals surface area contributed by atoms with Crippen LogP contribution in [0, 0.1) is 0 Å². The number of aliphatic hydroxyl groups is 1. The topological polar surface area (TPSA) is 70.9 Å². The zero-order valence-electron chi connectivity index (χ0n) is 12.1. The zero-order chi connectivity index (χ0) is 15.4. The molecule has 5 heteroatoms. The summed E-state index contributed by atoms with van der Waals surface area (Å²) >= 11 is 0. The lowest BCUT2D eigenvalue weighted by Gasteiger charge is -2.08. The first-order chi connectivity index (χ1) is 10.7.